The van der Waals surface area contributed by atoms with Gasteiger partial charge in [0.1, 0.15) is 12.2 Å². The molecular weight excluding hydrogens is 266 g/mol. The Morgan fingerprint density at radius 2 is 1.93 bits per heavy atom. The van der Waals surface area contributed by atoms with Crippen LogP contribution in [0.25, 0.3) is 0 Å². The van der Waals surface area contributed by atoms with Gasteiger partial charge in [-0.05, 0) is 12.1 Å². The molecule has 0 aliphatic carbocycles. The topological polar surface area (TPSA) is 12.4 Å². The zero-order valence-electron chi connectivity index (χ0n) is 7.91. The van der Waals surface area contributed by atoms with Gasteiger partial charge in [-0.2, -0.15) is 13.3 Å². The minimum absolute atomic E-state index is 0.308. The second kappa shape index (κ2) is 3.98. The van der Waals surface area contributed by atoms with Crippen molar-refractivity contribution >= 4 is 26.4 Å². The number of quaternary nitrogens is 1. The molecule has 0 bridgehead atoms. The Morgan fingerprint density at radius 3 is 2.40 bits per heavy atom. The fourth-order valence-electron chi connectivity index (χ4n) is 1.74. The van der Waals surface area contributed by atoms with Gasteiger partial charge in [-0.15, -0.1) is 0 Å². The Morgan fingerprint density at radius 1 is 1.27 bits per heavy atom. The van der Waals surface area contributed by atoms with E-state index in [9.17, 15) is 8.78 Å². The maximum atomic E-state index is 13.2. The van der Waals surface area contributed by atoms with Gasteiger partial charge in [0, 0.05) is 15.9 Å². The summed E-state index contributed by atoms with van der Waals surface area (Å²) in [5.74, 6) is 0. The molecule has 0 fully saturated rings. The van der Waals surface area contributed by atoms with Crippen molar-refractivity contribution in [3.8, 4) is 0 Å². The van der Waals surface area contributed by atoms with E-state index in [1.807, 2.05) is 6.07 Å². The summed E-state index contributed by atoms with van der Waals surface area (Å²) in [5, 5.41) is 0. The van der Waals surface area contributed by atoms with Crippen LogP contribution in [0.15, 0.2) is 35.3 Å². The van der Waals surface area contributed by atoms with Crippen molar-refractivity contribution in [1.82, 2.24) is 4.48 Å². The minimum Gasteiger partial charge on any atom is -0.221 e. The SMILES string of the molecule is FC(F)[N+]1(c2ccccc2)CCN=C1Br. The molecule has 0 N–H and O–H groups in total. The largest absolute Gasteiger partial charge is 0.391 e. The van der Waals surface area contributed by atoms with Crippen LogP contribution in [-0.4, -0.2) is 24.4 Å². The Hall–Kier alpha value is -0.810. The zero-order valence-corrected chi connectivity index (χ0v) is 9.49. The van der Waals surface area contributed by atoms with Gasteiger partial charge in [-0.1, -0.05) is 18.2 Å². The highest BCUT2D eigenvalue weighted by Crippen LogP contribution is 2.33. The van der Waals surface area contributed by atoms with E-state index in [1.165, 1.54) is 0 Å². The van der Waals surface area contributed by atoms with E-state index in [0.29, 0.717) is 23.5 Å². The molecule has 0 aromatic heterocycles. The van der Waals surface area contributed by atoms with Crippen LogP contribution in [0.3, 0.4) is 0 Å². The van der Waals surface area contributed by atoms with Crippen LogP contribution in [-0.2, 0) is 0 Å². The van der Waals surface area contributed by atoms with Crippen molar-refractivity contribution in [2.45, 2.75) is 6.55 Å². The van der Waals surface area contributed by atoms with E-state index in [1.54, 1.807) is 24.3 Å². The summed E-state index contributed by atoms with van der Waals surface area (Å²) in [4.78, 5) is 4.01. The first-order valence-electron chi connectivity index (χ1n) is 4.60. The van der Waals surface area contributed by atoms with E-state index >= 15 is 0 Å². The summed E-state index contributed by atoms with van der Waals surface area (Å²) < 4.78 is 26.2. The van der Waals surface area contributed by atoms with Crippen molar-refractivity contribution in [2.24, 2.45) is 4.99 Å². The number of amidine groups is 1. The first kappa shape index (κ1) is 10.7. The summed E-state index contributed by atoms with van der Waals surface area (Å²) in [6, 6.07) is 8.74. The van der Waals surface area contributed by atoms with Crippen molar-refractivity contribution in [3.05, 3.63) is 30.3 Å². The van der Waals surface area contributed by atoms with Crippen LogP contribution in [0.4, 0.5) is 14.5 Å². The van der Waals surface area contributed by atoms with Crippen LogP contribution >= 0.6 is 15.9 Å². The third kappa shape index (κ3) is 1.59. The minimum atomic E-state index is -2.49. The number of rotatable bonds is 2. The third-order valence-electron chi connectivity index (χ3n) is 2.57. The first-order chi connectivity index (χ1) is 7.18. The molecule has 0 radical (unpaired) electrons. The van der Waals surface area contributed by atoms with E-state index < -0.39 is 11.0 Å². The van der Waals surface area contributed by atoms with Crippen LogP contribution in [0.5, 0.6) is 0 Å². The lowest BCUT2D eigenvalue weighted by Crippen LogP contribution is -2.54. The molecule has 2 nitrogen and oxygen atoms in total. The van der Waals surface area contributed by atoms with E-state index in [4.69, 9.17) is 0 Å². The normalized spacial score (nSPS) is 25.7. The molecule has 0 saturated heterocycles. The van der Waals surface area contributed by atoms with Crippen LogP contribution in [0, 0.1) is 0 Å². The average molecular weight is 276 g/mol. The standard InChI is InChI=1S/C10H10BrF2N2/c11-9-14-6-7-15(9,10(12)13)8-4-2-1-3-5-8/h1-5,10H,6-7H2/q+1. The van der Waals surface area contributed by atoms with Crippen molar-refractivity contribution in [1.29, 1.82) is 0 Å². The highest BCUT2D eigenvalue weighted by molar-refractivity contribution is 9.18. The number of halogens is 3. The number of aliphatic imine (C=N–C) groups is 1. The number of hydrogen-bond donors (Lipinski definition) is 0. The van der Waals surface area contributed by atoms with Crippen molar-refractivity contribution in [2.75, 3.05) is 13.1 Å². The van der Waals surface area contributed by atoms with Gasteiger partial charge in [0.15, 0.2) is 0 Å². The fraction of sp³-hybridized carbons (Fsp3) is 0.300. The van der Waals surface area contributed by atoms with E-state index in [2.05, 4.69) is 20.9 Å². The first-order valence-corrected chi connectivity index (χ1v) is 5.39. The van der Waals surface area contributed by atoms with Gasteiger partial charge in [0.2, 0.25) is 0 Å². The molecule has 15 heavy (non-hydrogen) atoms. The van der Waals surface area contributed by atoms with Gasteiger partial charge < -0.3 is 0 Å². The summed E-state index contributed by atoms with van der Waals surface area (Å²) in [5.41, 5.74) is 0.570. The molecule has 80 valence electrons. The maximum absolute atomic E-state index is 13.2. The van der Waals surface area contributed by atoms with Crippen molar-refractivity contribution in [3.63, 3.8) is 0 Å². The van der Waals surface area contributed by atoms with E-state index in [0.717, 1.165) is 0 Å². The second-order valence-corrected chi connectivity index (χ2v) is 4.07. The highest BCUT2D eigenvalue weighted by Gasteiger charge is 2.47. The highest BCUT2D eigenvalue weighted by atomic mass is 79.9. The molecule has 0 saturated carbocycles. The van der Waals surface area contributed by atoms with Gasteiger partial charge in [0.05, 0.1) is 6.54 Å². The molecule has 0 amide bonds. The molecule has 5 heteroatoms. The molecule has 1 aliphatic rings. The number of alkyl halides is 2. The van der Waals surface area contributed by atoms with Crippen LogP contribution < -0.4 is 4.48 Å². The summed E-state index contributed by atoms with van der Waals surface area (Å²) in [7, 11) is 0. The molecular formula is C10H10BrF2N2+. The lowest BCUT2D eigenvalue weighted by atomic mass is 10.2. The van der Waals surface area contributed by atoms with Gasteiger partial charge in [-0.25, -0.2) is 4.99 Å². The Kier molecular flexibility index (Phi) is 2.84. The molecule has 1 atom stereocenters. The zero-order chi connectivity index (χ0) is 10.9. The molecule has 0 spiro atoms. The molecule has 1 heterocycles. The maximum Gasteiger partial charge on any atom is 0.391 e. The Bertz CT molecular complexity index is 380. The predicted molar refractivity (Wildman–Crippen MR) is 60.3 cm³/mol. The Balaban J connectivity index is 2.50. The molecule has 1 aromatic rings. The number of hydrogen-bond acceptors (Lipinski definition) is 1. The third-order valence-corrected chi connectivity index (χ3v) is 3.46. The molecule has 2 rings (SSSR count). The number of nitrogens with zero attached hydrogens (tertiary/aromatic N) is 2. The molecule has 1 aromatic carbocycles. The summed E-state index contributed by atoms with van der Waals surface area (Å²) >= 11 is 3.14. The van der Waals surface area contributed by atoms with Gasteiger partial charge in [0.25, 0.3) is 4.74 Å². The number of benzene rings is 1. The number of para-hydroxylation sites is 1. The lowest BCUT2D eigenvalue weighted by Gasteiger charge is -2.30. The predicted octanol–water partition coefficient (Wildman–Crippen LogP) is 2.98. The average Bonchev–Trinajstić information content (AvgIpc) is 2.62. The monoisotopic (exact) mass is 275 g/mol. The fourth-order valence-corrected chi connectivity index (χ4v) is 2.45. The summed E-state index contributed by atoms with van der Waals surface area (Å²) in [6.45, 7) is -1.75. The second-order valence-electron chi connectivity index (χ2n) is 3.36. The smallest absolute Gasteiger partial charge is 0.221 e. The quantitative estimate of drug-likeness (QED) is 0.581. The van der Waals surface area contributed by atoms with E-state index in [-0.39, 0.29) is 0 Å². The summed E-state index contributed by atoms with van der Waals surface area (Å²) in [6.07, 6.45) is 0. The molecule has 1 aliphatic heterocycles. The molecule has 1 unspecified atom stereocenters. The Labute approximate surface area is 94.9 Å². The lowest BCUT2D eigenvalue weighted by molar-refractivity contribution is 0.0340. The van der Waals surface area contributed by atoms with Crippen molar-refractivity contribution < 1.29 is 8.78 Å². The van der Waals surface area contributed by atoms with Gasteiger partial charge >= 0.3 is 6.55 Å². The van der Waals surface area contributed by atoms with Crippen LogP contribution in [0.1, 0.15) is 0 Å². The van der Waals surface area contributed by atoms with Crippen LogP contribution in [0.2, 0.25) is 0 Å². The van der Waals surface area contributed by atoms with Gasteiger partial charge in [-0.3, -0.25) is 0 Å².